The average molecular weight is 259 g/mol. The predicted molar refractivity (Wildman–Crippen MR) is 70.1 cm³/mol. The van der Waals surface area contributed by atoms with Gasteiger partial charge in [-0.15, -0.1) is 22.9 Å². The van der Waals surface area contributed by atoms with Gasteiger partial charge in [0.1, 0.15) is 5.01 Å². The highest BCUT2D eigenvalue weighted by molar-refractivity contribution is 7.09. The molecule has 16 heavy (non-hydrogen) atoms. The molecule has 1 aromatic rings. The molecule has 1 saturated heterocycles. The normalized spacial score (nSPS) is 19.9. The molecule has 90 valence electrons. The molecule has 0 spiro atoms. The number of thiazole rings is 1. The Morgan fingerprint density at radius 1 is 1.44 bits per heavy atom. The maximum atomic E-state index is 5.80. The molecule has 2 rings (SSSR count). The number of hydrogen-bond donors (Lipinski definition) is 0. The summed E-state index contributed by atoms with van der Waals surface area (Å²) in [6.07, 6.45) is 5.21. The summed E-state index contributed by atoms with van der Waals surface area (Å²) in [5.41, 5.74) is 1.03. The van der Waals surface area contributed by atoms with Crippen LogP contribution in [0.5, 0.6) is 0 Å². The van der Waals surface area contributed by atoms with Crippen LogP contribution < -0.4 is 0 Å². The Bertz CT molecular complexity index is 321. The second-order valence-electron chi connectivity index (χ2n) is 4.33. The standard InChI is InChI=1S/C12H19ClN2S/c1-2-11(15-6-4-3-5-7-15)12-14-10(8-13)9-16-12/h9,11H,2-8H2,1H3. The molecule has 0 bridgehead atoms. The fourth-order valence-corrected chi connectivity index (χ4v) is 3.62. The van der Waals surface area contributed by atoms with Gasteiger partial charge in [0.05, 0.1) is 17.6 Å². The summed E-state index contributed by atoms with van der Waals surface area (Å²) in [6.45, 7) is 4.71. The molecule has 0 aromatic carbocycles. The molecule has 1 unspecified atom stereocenters. The van der Waals surface area contributed by atoms with Gasteiger partial charge in [-0.25, -0.2) is 4.98 Å². The largest absolute Gasteiger partial charge is 0.294 e. The smallest absolute Gasteiger partial charge is 0.110 e. The zero-order chi connectivity index (χ0) is 11.4. The zero-order valence-electron chi connectivity index (χ0n) is 9.79. The lowest BCUT2D eigenvalue weighted by molar-refractivity contribution is 0.159. The van der Waals surface area contributed by atoms with Crippen molar-refractivity contribution in [3.8, 4) is 0 Å². The molecule has 1 aliphatic rings. The van der Waals surface area contributed by atoms with E-state index in [9.17, 15) is 0 Å². The van der Waals surface area contributed by atoms with Gasteiger partial charge in [-0.2, -0.15) is 0 Å². The third-order valence-electron chi connectivity index (χ3n) is 3.21. The first-order chi connectivity index (χ1) is 7.85. The molecule has 1 aromatic heterocycles. The van der Waals surface area contributed by atoms with E-state index < -0.39 is 0 Å². The van der Waals surface area contributed by atoms with Gasteiger partial charge in [0, 0.05) is 5.38 Å². The van der Waals surface area contributed by atoms with Crippen LogP contribution in [-0.2, 0) is 5.88 Å². The van der Waals surface area contributed by atoms with Crippen LogP contribution in [0.15, 0.2) is 5.38 Å². The van der Waals surface area contributed by atoms with Crippen molar-refractivity contribution in [3.63, 3.8) is 0 Å². The first-order valence-corrected chi connectivity index (χ1v) is 7.51. The maximum absolute atomic E-state index is 5.80. The van der Waals surface area contributed by atoms with Crippen molar-refractivity contribution in [2.75, 3.05) is 13.1 Å². The lowest BCUT2D eigenvalue weighted by Gasteiger charge is -2.32. The fourth-order valence-electron chi connectivity index (χ4n) is 2.36. The second-order valence-corrected chi connectivity index (χ2v) is 5.49. The average Bonchev–Trinajstić information content (AvgIpc) is 2.80. The number of likely N-dealkylation sites (tertiary alicyclic amines) is 1. The molecule has 0 saturated carbocycles. The number of alkyl halides is 1. The molecule has 2 nitrogen and oxygen atoms in total. The molecule has 1 aliphatic heterocycles. The minimum Gasteiger partial charge on any atom is -0.294 e. The Morgan fingerprint density at radius 3 is 2.75 bits per heavy atom. The van der Waals surface area contributed by atoms with Crippen molar-refractivity contribution >= 4 is 22.9 Å². The summed E-state index contributed by atoms with van der Waals surface area (Å²) in [6, 6.07) is 0.516. The third-order valence-corrected chi connectivity index (χ3v) is 4.48. The highest BCUT2D eigenvalue weighted by Crippen LogP contribution is 2.29. The highest BCUT2D eigenvalue weighted by Gasteiger charge is 2.22. The highest BCUT2D eigenvalue weighted by atomic mass is 35.5. The van der Waals surface area contributed by atoms with Crippen molar-refractivity contribution in [1.29, 1.82) is 0 Å². The van der Waals surface area contributed by atoms with Crippen molar-refractivity contribution < 1.29 is 0 Å². The van der Waals surface area contributed by atoms with E-state index in [1.807, 2.05) is 0 Å². The topological polar surface area (TPSA) is 16.1 Å². The van der Waals surface area contributed by atoms with Crippen LogP contribution in [0, 0.1) is 0 Å². The van der Waals surface area contributed by atoms with E-state index in [0.29, 0.717) is 11.9 Å². The fraction of sp³-hybridized carbons (Fsp3) is 0.750. The summed E-state index contributed by atoms with van der Waals surface area (Å²) in [4.78, 5) is 7.20. The molecule has 4 heteroatoms. The Hall–Kier alpha value is -0.120. The van der Waals surface area contributed by atoms with Crippen LogP contribution in [0.3, 0.4) is 0 Å². The Morgan fingerprint density at radius 2 is 2.19 bits per heavy atom. The summed E-state index contributed by atoms with van der Waals surface area (Å²) >= 11 is 7.57. The van der Waals surface area contributed by atoms with Gasteiger partial charge >= 0.3 is 0 Å². The lowest BCUT2D eigenvalue weighted by Crippen LogP contribution is -2.33. The van der Waals surface area contributed by atoms with Gasteiger partial charge in [-0.1, -0.05) is 13.3 Å². The molecular weight excluding hydrogens is 240 g/mol. The number of piperidine rings is 1. The minimum absolute atomic E-state index is 0.516. The molecule has 0 N–H and O–H groups in total. The van der Waals surface area contributed by atoms with Crippen molar-refractivity contribution in [1.82, 2.24) is 9.88 Å². The van der Waals surface area contributed by atoms with E-state index in [-0.39, 0.29) is 0 Å². The third kappa shape index (κ3) is 2.76. The number of nitrogens with zero attached hydrogens (tertiary/aromatic N) is 2. The first-order valence-electron chi connectivity index (χ1n) is 6.09. The van der Waals surface area contributed by atoms with E-state index in [1.54, 1.807) is 11.3 Å². The summed E-state index contributed by atoms with van der Waals surface area (Å²) in [5, 5.41) is 3.34. The van der Waals surface area contributed by atoms with Crippen LogP contribution in [0.4, 0.5) is 0 Å². The van der Waals surface area contributed by atoms with Crippen LogP contribution in [0.1, 0.15) is 49.4 Å². The van der Waals surface area contributed by atoms with Gasteiger partial charge in [-0.05, 0) is 32.4 Å². The van der Waals surface area contributed by atoms with Gasteiger partial charge < -0.3 is 0 Å². The van der Waals surface area contributed by atoms with Crippen LogP contribution in [0.25, 0.3) is 0 Å². The Balaban J connectivity index is 2.08. The maximum Gasteiger partial charge on any atom is 0.110 e. The predicted octanol–water partition coefficient (Wildman–Crippen LogP) is 3.82. The zero-order valence-corrected chi connectivity index (χ0v) is 11.4. The second kappa shape index (κ2) is 5.99. The molecular formula is C12H19ClN2S. The Kier molecular flexibility index (Phi) is 4.62. The number of rotatable bonds is 4. The van der Waals surface area contributed by atoms with Gasteiger partial charge in [0.15, 0.2) is 0 Å². The van der Waals surface area contributed by atoms with E-state index in [2.05, 4.69) is 22.2 Å². The van der Waals surface area contributed by atoms with Crippen LogP contribution >= 0.6 is 22.9 Å². The lowest BCUT2D eigenvalue weighted by atomic mass is 10.1. The minimum atomic E-state index is 0.516. The Labute approximate surface area is 107 Å². The van der Waals surface area contributed by atoms with Crippen molar-refractivity contribution in [3.05, 3.63) is 16.1 Å². The van der Waals surface area contributed by atoms with E-state index in [1.165, 1.54) is 37.4 Å². The van der Waals surface area contributed by atoms with Crippen LogP contribution in [0.2, 0.25) is 0 Å². The molecule has 0 radical (unpaired) electrons. The summed E-state index contributed by atoms with van der Waals surface area (Å²) in [7, 11) is 0. The molecule has 0 amide bonds. The number of hydrogen-bond acceptors (Lipinski definition) is 3. The SMILES string of the molecule is CCC(c1nc(CCl)cs1)N1CCCCC1. The molecule has 0 aliphatic carbocycles. The van der Waals surface area contributed by atoms with E-state index >= 15 is 0 Å². The first kappa shape index (κ1) is 12.3. The molecule has 1 atom stereocenters. The van der Waals surface area contributed by atoms with Crippen LogP contribution in [-0.4, -0.2) is 23.0 Å². The van der Waals surface area contributed by atoms with Gasteiger partial charge in [0.2, 0.25) is 0 Å². The number of aromatic nitrogens is 1. The quantitative estimate of drug-likeness (QED) is 0.764. The molecule has 1 fully saturated rings. The molecule has 2 heterocycles. The summed E-state index contributed by atoms with van der Waals surface area (Å²) in [5.74, 6) is 0.535. The monoisotopic (exact) mass is 258 g/mol. The summed E-state index contributed by atoms with van der Waals surface area (Å²) < 4.78 is 0. The van der Waals surface area contributed by atoms with Gasteiger partial charge in [0.25, 0.3) is 0 Å². The van der Waals surface area contributed by atoms with E-state index in [0.717, 1.165) is 12.1 Å². The van der Waals surface area contributed by atoms with Gasteiger partial charge in [-0.3, -0.25) is 4.90 Å². The van der Waals surface area contributed by atoms with E-state index in [4.69, 9.17) is 11.6 Å². The van der Waals surface area contributed by atoms with Crippen molar-refractivity contribution in [2.24, 2.45) is 0 Å². The van der Waals surface area contributed by atoms with Crippen molar-refractivity contribution in [2.45, 2.75) is 44.5 Å². The number of halogens is 1.